The van der Waals surface area contributed by atoms with Gasteiger partial charge in [-0.2, -0.15) is 0 Å². The first-order chi connectivity index (χ1) is 11.5. The summed E-state index contributed by atoms with van der Waals surface area (Å²) in [5.74, 6) is -2.32. The van der Waals surface area contributed by atoms with Crippen molar-refractivity contribution in [3.8, 4) is 0 Å². The number of hydrogen-bond donors (Lipinski definition) is 1. The second kappa shape index (κ2) is 6.84. The molecule has 130 valence electrons. The average Bonchev–Trinajstić information content (AvgIpc) is 2.96. The summed E-state index contributed by atoms with van der Waals surface area (Å²) < 4.78 is 27.0. The van der Waals surface area contributed by atoms with E-state index in [9.17, 15) is 18.4 Å². The average molecular weight is 337 g/mol. The third-order valence-electron chi connectivity index (χ3n) is 4.82. The zero-order valence-corrected chi connectivity index (χ0v) is 13.6. The molecule has 0 aliphatic carbocycles. The second-order valence-electron chi connectivity index (χ2n) is 6.41. The van der Waals surface area contributed by atoms with Crippen LogP contribution in [0.2, 0.25) is 0 Å². The van der Waals surface area contributed by atoms with Gasteiger partial charge in [0.2, 0.25) is 11.8 Å². The molecular formula is C17H21F2N3O2. The van der Waals surface area contributed by atoms with Gasteiger partial charge in [0.25, 0.3) is 0 Å². The van der Waals surface area contributed by atoms with Crippen LogP contribution in [0.25, 0.3) is 0 Å². The first-order valence-electron chi connectivity index (χ1n) is 8.21. The Bertz CT molecular complexity index is 653. The molecule has 3 rings (SSSR count). The Morgan fingerprint density at radius 1 is 1.29 bits per heavy atom. The molecule has 2 heterocycles. The lowest BCUT2D eigenvalue weighted by molar-refractivity contribution is -0.137. The molecule has 2 aliphatic rings. The van der Waals surface area contributed by atoms with Gasteiger partial charge in [-0.3, -0.25) is 9.59 Å². The summed E-state index contributed by atoms with van der Waals surface area (Å²) in [5, 5.41) is 3.18. The largest absolute Gasteiger partial charge is 0.341 e. The van der Waals surface area contributed by atoms with Gasteiger partial charge in [-0.05, 0) is 32.0 Å². The van der Waals surface area contributed by atoms with Crippen LogP contribution in [-0.4, -0.2) is 49.4 Å². The van der Waals surface area contributed by atoms with Crippen LogP contribution in [0.15, 0.2) is 18.2 Å². The quantitative estimate of drug-likeness (QED) is 0.910. The van der Waals surface area contributed by atoms with Crippen molar-refractivity contribution in [2.45, 2.75) is 25.3 Å². The van der Waals surface area contributed by atoms with E-state index in [4.69, 9.17) is 0 Å². The van der Waals surface area contributed by atoms with E-state index >= 15 is 0 Å². The number of halogens is 2. The Kier molecular flexibility index (Phi) is 4.80. The third kappa shape index (κ3) is 3.26. The molecule has 2 fully saturated rings. The highest BCUT2D eigenvalue weighted by Crippen LogP contribution is 2.29. The van der Waals surface area contributed by atoms with Gasteiger partial charge < -0.3 is 15.1 Å². The van der Waals surface area contributed by atoms with Gasteiger partial charge in [0.1, 0.15) is 11.6 Å². The molecule has 1 aromatic rings. The molecule has 24 heavy (non-hydrogen) atoms. The lowest BCUT2D eigenvalue weighted by Gasteiger charge is -2.34. The van der Waals surface area contributed by atoms with Gasteiger partial charge in [-0.25, -0.2) is 8.78 Å². The van der Waals surface area contributed by atoms with Crippen LogP contribution in [-0.2, 0) is 9.59 Å². The lowest BCUT2D eigenvalue weighted by atomic mass is 10.0. The van der Waals surface area contributed by atoms with Gasteiger partial charge in [0.05, 0.1) is 11.6 Å². The summed E-state index contributed by atoms with van der Waals surface area (Å²) in [4.78, 5) is 27.9. The summed E-state index contributed by atoms with van der Waals surface area (Å²) in [7, 11) is 1.87. The molecule has 0 saturated carbocycles. The Labute approximate surface area is 139 Å². The third-order valence-corrected chi connectivity index (χ3v) is 4.82. The van der Waals surface area contributed by atoms with Crippen LogP contribution in [0.1, 0.15) is 19.3 Å². The molecule has 1 aromatic carbocycles. The molecule has 7 heteroatoms. The summed E-state index contributed by atoms with van der Waals surface area (Å²) >= 11 is 0. The van der Waals surface area contributed by atoms with Gasteiger partial charge in [0.15, 0.2) is 0 Å². The molecule has 2 atom stereocenters. The normalized spacial score (nSPS) is 24.5. The van der Waals surface area contributed by atoms with Crippen molar-refractivity contribution in [3.63, 3.8) is 0 Å². The Balaban J connectivity index is 1.71. The zero-order valence-electron chi connectivity index (χ0n) is 13.6. The van der Waals surface area contributed by atoms with Gasteiger partial charge >= 0.3 is 0 Å². The summed E-state index contributed by atoms with van der Waals surface area (Å²) in [6.07, 6.45) is 2.02. The molecule has 0 bridgehead atoms. The van der Waals surface area contributed by atoms with E-state index < -0.39 is 17.6 Å². The van der Waals surface area contributed by atoms with Gasteiger partial charge in [-0.15, -0.1) is 0 Å². The number of amides is 2. The minimum Gasteiger partial charge on any atom is -0.341 e. The molecule has 2 saturated heterocycles. The number of carbonyl (C=O) groups is 2. The van der Waals surface area contributed by atoms with Crippen LogP contribution in [0.3, 0.4) is 0 Å². The molecule has 2 amide bonds. The molecule has 1 N–H and O–H groups in total. The van der Waals surface area contributed by atoms with E-state index in [0.29, 0.717) is 13.1 Å². The molecule has 2 aliphatic heterocycles. The number of nitrogens with zero attached hydrogens (tertiary/aromatic N) is 2. The fourth-order valence-electron chi connectivity index (χ4n) is 3.48. The zero-order chi connectivity index (χ0) is 17.3. The number of nitrogens with one attached hydrogen (secondary N) is 1. The Morgan fingerprint density at radius 2 is 2.08 bits per heavy atom. The van der Waals surface area contributed by atoms with E-state index in [0.717, 1.165) is 25.0 Å². The van der Waals surface area contributed by atoms with Crippen LogP contribution in [0, 0.1) is 17.6 Å². The van der Waals surface area contributed by atoms with Crippen molar-refractivity contribution in [2.24, 2.45) is 5.92 Å². The van der Waals surface area contributed by atoms with E-state index in [1.54, 1.807) is 4.90 Å². The van der Waals surface area contributed by atoms with Gasteiger partial charge in [-0.1, -0.05) is 0 Å². The van der Waals surface area contributed by atoms with Crippen molar-refractivity contribution in [2.75, 3.05) is 31.6 Å². The predicted octanol–water partition coefficient (Wildman–Crippen LogP) is 1.53. The smallest absolute Gasteiger partial charge is 0.228 e. The molecule has 0 spiro atoms. The monoisotopic (exact) mass is 337 g/mol. The van der Waals surface area contributed by atoms with E-state index in [-0.39, 0.29) is 36.5 Å². The highest BCUT2D eigenvalue weighted by molar-refractivity contribution is 6.00. The van der Waals surface area contributed by atoms with Crippen LogP contribution in [0.5, 0.6) is 0 Å². The number of likely N-dealkylation sites (tertiary alicyclic amines) is 1. The summed E-state index contributed by atoms with van der Waals surface area (Å²) in [6.45, 7) is 1.46. The minimum atomic E-state index is -0.787. The highest BCUT2D eigenvalue weighted by Gasteiger charge is 2.39. The number of likely N-dealkylation sites (N-methyl/N-ethyl adjacent to an activating group) is 1. The molecule has 5 nitrogen and oxygen atoms in total. The summed E-state index contributed by atoms with van der Waals surface area (Å²) in [6, 6.07) is 3.38. The van der Waals surface area contributed by atoms with E-state index in [2.05, 4.69) is 5.32 Å². The van der Waals surface area contributed by atoms with Crippen LogP contribution >= 0.6 is 0 Å². The standard InChI is InChI=1S/C17H21F2N3O2/c1-20-13-3-2-6-21(10-13)17(24)11-7-16(23)22(9-11)15-5-4-12(18)8-14(15)19/h4-5,8,11,13,20H,2-3,6-7,9-10H2,1H3. The van der Waals surface area contributed by atoms with E-state index in [1.165, 1.54) is 11.0 Å². The number of hydrogen-bond acceptors (Lipinski definition) is 3. The minimum absolute atomic E-state index is 0.0310. The molecule has 2 unspecified atom stereocenters. The number of benzene rings is 1. The molecule has 0 radical (unpaired) electrons. The summed E-state index contributed by atoms with van der Waals surface area (Å²) in [5.41, 5.74) is 0.0310. The maximum atomic E-state index is 13.9. The number of carbonyl (C=O) groups excluding carboxylic acids is 2. The fraction of sp³-hybridized carbons (Fsp3) is 0.529. The predicted molar refractivity (Wildman–Crippen MR) is 85.5 cm³/mol. The van der Waals surface area contributed by atoms with Crippen LogP contribution in [0.4, 0.5) is 14.5 Å². The SMILES string of the molecule is CNC1CCCN(C(=O)C2CC(=O)N(c3ccc(F)cc3F)C2)C1. The maximum absolute atomic E-state index is 13.9. The van der Waals surface area contributed by atoms with E-state index in [1.807, 2.05) is 7.05 Å². The Hall–Kier alpha value is -2.02. The molecular weight excluding hydrogens is 316 g/mol. The first-order valence-corrected chi connectivity index (χ1v) is 8.21. The van der Waals surface area contributed by atoms with Crippen molar-refractivity contribution < 1.29 is 18.4 Å². The van der Waals surface area contributed by atoms with Crippen LogP contribution < -0.4 is 10.2 Å². The lowest BCUT2D eigenvalue weighted by Crippen LogP contribution is -2.49. The first kappa shape index (κ1) is 16.8. The number of rotatable bonds is 3. The van der Waals surface area contributed by atoms with Crippen molar-refractivity contribution in [1.82, 2.24) is 10.2 Å². The highest BCUT2D eigenvalue weighted by atomic mass is 19.1. The number of anilines is 1. The number of piperidine rings is 1. The second-order valence-corrected chi connectivity index (χ2v) is 6.41. The fourth-order valence-corrected chi connectivity index (χ4v) is 3.48. The van der Waals surface area contributed by atoms with Crippen molar-refractivity contribution in [3.05, 3.63) is 29.8 Å². The van der Waals surface area contributed by atoms with Gasteiger partial charge in [0, 0.05) is 38.2 Å². The van der Waals surface area contributed by atoms with Crippen molar-refractivity contribution >= 4 is 17.5 Å². The molecule has 0 aromatic heterocycles. The van der Waals surface area contributed by atoms with Crippen molar-refractivity contribution in [1.29, 1.82) is 0 Å². The topological polar surface area (TPSA) is 52.7 Å². The maximum Gasteiger partial charge on any atom is 0.228 e. The Morgan fingerprint density at radius 3 is 2.79 bits per heavy atom.